The Kier molecular flexibility index (Phi) is 10.3. The van der Waals surface area contributed by atoms with Crippen LogP contribution in [0.1, 0.15) is 33.4 Å². The highest BCUT2D eigenvalue weighted by Gasteiger charge is 2.71. The molecule has 5 fully saturated rings. The Labute approximate surface area is 345 Å². The van der Waals surface area contributed by atoms with Crippen molar-refractivity contribution in [2.45, 2.75) is 76.3 Å². The third kappa shape index (κ3) is 6.72. The fraction of sp³-hybridized carbons (Fsp3) is 0.250. The number of hydrogen-bond donors (Lipinski definition) is 0. The van der Waals surface area contributed by atoms with Gasteiger partial charge >= 0.3 is 0 Å². The van der Waals surface area contributed by atoms with Crippen molar-refractivity contribution < 1.29 is 26.3 Å². The molecular formula is C48H42F6N6. The SMILES string of the molecule is Fc1ccccc1CN1C2C3N(Cc4ccccc4F)C1C1N(Cc4ccccc4F)C(C(N1Cc1ccccc1F)N3Cc1ccccc1F)N2Cc1ccccc1F. The van der Waals surface area contributed by atoms with E-state index in [1.807, 2.05) is 0 Å². The van der Waals surface area contributed by atoms with Crippen molar-refractivity contribution in [1.82, 2.24) is 29.4 Å². The van der Waals surface area contributed by atoms with Gasteiger partial charge in [-0.1, -0.05) is 109 Å². The summed E-state index contributed by atoms with van der Waals surface area (Å²) < 4.78 is 95.6. The zero-order valence-corrected chi connectivity index (χ0v) is 32.5. The highest BCUT2D eigenvalue weighted by Crippen LogP contribution is 2.54. The second-order valence-corrected chi connectivity index (χ2v) is 16.1. The number of nitrogens with zero attached hydrogens (tertiary/aromatic N) is 6. The van der Waals surface area contributed by atoms with E-state index in [0.29, 0.717) is 33.4 Å². The van der Waals surface area contributed by atoms with Gasteiger partial charge in [-0.05, 0) is 36.4 Å². The van der Waals surface area contributed by atoms with E-state index in [9.17, 15) is 0 Å². The van der Waals surface area contributed by atoms with Crippen molar-refractivity contribution in [3.8, 4) is 0 Å². The topological polar surface area (TPSA) is 19.4 Å². The second kappa shape index (κ2) is 15.9. The van der Waals surface area contributed by atoms with Gasteiger partial charge in [0.2, 0.25) is 0 Å². The Balaban J connectivity index is 1.25. The van der Waals surface area contributed by atoms with E-state index in [4.69, 9.17) is 0 Å². The smallest absolute Gasteiger partial charge is 0.127 e. The van der Waals surface area contributed by atoms with Crippen LogP contribution in [0.15, 0.2) is 146 Å². The van der Waals surface area contributed by atoms with Gasteiger partial charge in [0.25, 0.3) is 0 Å². The van der Waals surface area contributed by atoms with Crippen molar-refractivity contribution in [3.63, 3.8) is 0 Å². The first-order valence-electron chi connectivity index (χ1n) is 20.2. The molecule has 0 amide bonds. The maximum atomic E-state index is 15.9. The summed E-state index contributed by atoms with van der Waals surface area (Å²) in [7, 11) is 0. The number of halogens is 6. The fourth-order valence-electron chi connectivity index (χ4n) is 10.2. The van der Waals surface area contributed by atoms with Crippen molar-refractivity contribution in [2.75, 3.05) is 0 Å². The van der Waals surface area contributed by atoms with E-state index in [-0.39, 0.29) is 39.3 Å². The lowest BCUT2D eigenvalue weighted by molar-refractivity contribution is -0.166. The van der Waals surface area contributed by atoms with E-state index in [0.717, 1.165) is 0 Å². The Bertz CT molecular complexity index is 2230. The fourth-order valence-corrected chi connectivity index (χ4v) is 10.2. The highest BCUT2D eigenvalue weighted by atomic mass is 19.1. The average Bonchev–Trinajstić information content (AvgIpc) is 3.67. The number of rotatable bonds is 12. The van der Waals surface area contributed by atoms with Crippen molar-refractivity contribution in [1.29, 1.82) is 0 Å². The quantitative estimate of drug-likeness (QED) is 0.114. The zero-order chi connectivity index (χ0) is 41.1. The Morgan fingerprint density at radius 2 is 0.367 bits per heavy atom. The minimum absolute atomic E-state index is 0.0998. The third-order valence-corrected chi connectivity index (χ3v) is 12.7. The number of piperazine rings is 1. The molecule has 306 valence electrons. The van der Waals surface area contributed by atoms with Crippen LogP contribution in [0.5, 0.6) is 0 Å². The molecule has 0 saturated carbocycles. The van der Waals surface area contributed by atoms with Gasteiger partial charge < -0.3 is 0 Å². The first-order chi connectivity index (χ1) is 29.3. The van der Waals surface area contributed by atoms with Crippen LogP contribution in [0, 0.1) is 34.9 Å². The number of benzene rings is 6. The lowest BCUT2D eigenvalue weighted by Gasteiger charge is -2.56. The molecule has 0 N–H and O–H groups in total. The molecule has 6 bridgehead atoms. The van der Waals surface area contributed by atoms with E-state index >= 15 is 26.3 Å². The molecule has 5 saturated heterocycles. The highest BCUT2D eigenvalue weighted by molar-refractivity contribution is 5.30. The molecule has 12 heteroatoms. The molecule has 0 aliphatic carbocycles. The third-order valence-electron chi connectivity index (χ3n) is 12.7. The molecule has 6 nitrogen and oxygen atoms in total. The van der Waals surface area contributed by atoms with Crippen LogP contribution in [0.4, 0.5) is 26.3 Å². The maximum absolute atomic E-state index is 15.9. The summed E-state index contributed by atoms with van der Waals surface area (Å²) >= 11 is 0. The Morgan fingerprint density at radius 1 is 0.233 bits per heavy atom. The minimum Gasteiger partial charge on any atom is -0.262 e. The van der Waals surface area contributed by atoms with Gasteiger partial charge in [-0.3, -0.25) is 29.4 Å². The van der Waals surface area contributed by atoms with E-state index in [1.54, 1.807) is 109 Å². The molecule has 0 aromatic heterocycles. The monoisotopic (exact) mass is 816 g/mol. The summed E-state index contributed by atoms with van der Waals surface area (Å²) in [6.45, 7) is 0.603. The Hall–Kier alpha value is -5.34. The lowest BCUT2D eigenvalue weighted by Crippen LogP contribution is -2.73. The van der Waals surface area contributed by atoms with Crippen molar-refractivity contribution in [2.24, 2.45) is 0 Å². The molecule has 0 spiro atoms. The summed E-state index contributed by atoms with van der Waals surface area (Å²) in [5.74, 6) is -2.45. The van der Waals surface area contributed by atoms with Gasteiger partial charge in [0, 0.05) is 72.6 Å². The van der Waals surface area contributed by atoms with Gasteiger partial charge in [-0.25, -0.2) is 26.3 Å². The van der Waals surface area contributed by atoms with Crippen LogP contribution in [0.2, 0.25) is 0 Å². The molecule has 6 aromatic carbocycles. The van der Waals surface area contributed by atoms with Crippen LogP contribution in [0.3, 0.4) is 0 Å². The molecule has 5 heterocycles. The van der Waals surface area contributed by atoms with E-state index < -0.39 is 71.9 Å². The van der Waals surface area contributed by atoms with Crippen molar-refractivity contribution >= 4 is 0 Å². The summed E-state index contributed by atoms with van der Waals surface area (Å²) in [6.07, 6.45) is -3.70. The van der Waals surface area contributed by atoms with Crippen LogP contribution in [0.25, 0.3) is 0 Å². The summed E-state index contributed by atoms with van der Waals surface area (Å²) in [5, 5.41) is 0. The standard InChI is InChI=1S/C48H42F6N6/c49-37-19-7-1-13-31(37)25-55-43-44-56(26-32-14-2-8-20-38(32)50)47(55)48-57(27-33-15-3-9-21-39(33)51)45(59(43)29-35-17-5-11-23-41(35)53)46(58(48)28-34-16-4-10-22-40(34)52)60(44)30-36-18-6-12-24-42(36)54/h1-24,43-48H,25-30H2. The molecule has 6 aromatic rings. The second-order valence-electron chi connectivity index (χ2n) is 16.1. The van der Waals surface area contributed by atoms with Crippen molar-refractivity contribution in [3.05, 3.63) is 214 Å². The predicted molar refractivity (Wildman–Crippen MR) is 214 cm³/mol. The van der Waals surface area contributed by atoms with Crippen LogP contribution < -0.4 is 0 Å². The molecular weight excluding hydrogens is 775 g/mol. The molecule has 0 unspecified atom stereocenters. The minimum atomic E-state index is -0.651. The lowest BCUT2D eigenvalue weighted by atomic mass is 10.0. The zero-order valence-electron chi connectivity index (χ0n) is 32.5. The molecule has 5 aliphatic rings. The van der Waals surface area contributed by atoms with Gasteiger partial charge in [0.05, 0.1) is 37.0 Å². The first-order valence-corrected chi connectivity index (χ1v) is 20.2. The van der Waals surface area contributed by atoms with Gasteiger partial charge in [-0.15, -0.1) is 0 Å². The first kappa shape index (κ1) is 38.8. The molecule has 0 radical (unpaired) electrons. The summed E-state index contributed by atoms with van der Waals surface area (Å²) in [6, 6.07) is 39.3. The van der Waals surface area contributed by atoms with Gasteiger partial charge in [0.15, 0.2) is 0 Å². The normalized spacial score (nSPS) is 24.5. The van der Waals surface area contributed by atoms with Crippen LogP contribution in [-0.4, -0.2) is 66.4 Å². The van der Waals surface area contributed by atoms with Crippen LogP contribution >= 0.6 is 0 Å². The van der Waals surface area contributed by atoms with E-state index in [1.165, 1.54) is 36.4 Å². The molecule has 60 heavy (non-hydrogen) atoms. The molecule has 0 atom stereocenters. The maximum Gasteiger partial charge on any atom is 0.127 e. The number of hydrogen-bond acceptors (Lipinski definition) is 6. The van der Waals surface area contributed by atoms with Gasteiger partial charge in [0.1, 0.15) is 34.9 Å². The summed E-state index contributed by atoms with van der Waals surface area (Å²) in [5.41, 5.74) is 2.51. The van der Waals surface area contributed by atoms with E-state index in [2.05, 4.69) is 29.4 Å². The van der Waals surface area contributed by atoms with Crippen LogP contribution in [-0.2, 0) is 39.3 Å². The summed E-state index contributed by atoms with van der Waals surface area (Å²) in [4.78, 5) is 13.1. The largest absolute Gasteiger partial charge is 0.262 e. The predicted octanol–water partition coefficient (Wildman–Crippen LogP) is 8.85. The Morgan fingerprint density at radius 3 is 0.500 bits per heavy atom. The molecule has 11 rings (SSSR count). The van der Waals surface area contributed by atoms with Gasteiger partial charge in [-0.2, -0.15) is 0 Å². The molecule has 5 aliphatic heterocycles. The average molecular weight is 817 g/mol.